The zero-order valence-corrected chi connectivity index (χ0v) is 19.8. The number of hydrogen-bond acceptors (Lipinski definition) is 0. The summed E-state index contributed by atoms with van der Waals surface area (Å²) in [7, 11) is -1.59. The van der Waals surface area contributed by atoms with E-state index < -0.39 is 8.07 Å². The molecule has 0 fully saturated rings. The van der Waals surface area contributed by atoms with E-state index in [-0.39, 0.29) is 37.2 Å². The number of allylic oxidation sites excluding steroid dienone is 4. The van der Waals surface area contributed by atoms with Crippen molar-refractivity contribution in [2.75, 3.05) is 0 Å². The fourth-order valence-corrected chi connectivity index (χ4v) is 9.81. The fourth-order valence-electron chi connectivity index (χ4n) is 3.52. The molecule has 1 aromatic carbocycles. The minimum Gasteiger partial charge on any atom is -1.00 e. The average molecular weight is 438 g/mol. The molecule has 0 saturated carbocycles. The fraction of sp³-hybridized carbons (Fsp3) is 0.474. The first-order valence-electron chi connectivity index (χ1n) is 8.22. The monoisotopic (exact) mass is 436 g/mol. The SMILES string of the molecule is CCCC[Si](C)(C1=[C]([Ti+3])CC=C1C(C)C)c1ccccc1.[Cl-].[Cl-].[Cl-]. The van der Waals surface area contributed by atoms with Gasteiger partial charge in [-0.15, -0.1) is 0 Å². The van der Waals surface area contributed by atoms with Crippen molar-refractivity contribution in [2.24, 2.45) is 5.92 Å². The van der Waals surface area contributed by atoms with Crippen LogP contribution in [0.2, 0.25) is 12.6 Å². The largest absolute Gasteiger partial charge is 1.00 e. The van der Waals surface area contributed by atoms with Gasteiger partial charge in [0.25, 0.3) is 0 Å². The third kappa shape index (κ3) is 5.76. The molecule has 0 amide bonds. The van der Waals surface area contributed by atoms with Crippen LogP contribution in [0.5, 0.6) is 0 Å². The zero-order chi connectivity index (χ0) is 15.5. The maximum atomic E-state index is 2.60. The summed E-state index contributed by atoms with van der Waals surface area (Å²) in [6.45, 7) is 9.61. The van der Waals surface area contributed by atoms with E-state index in [1.54, 1.807) is 19.8 Å². The van der Waals surface area contributed by atoms with Gasteiger partial charge in [0, 0.05) is 0 Å². The van der Waals surface area contributed by atoms with Gasteiger partial charge in [-0.25, -0.2) is 0 Å². The smallest absolute Gasteiger partial charge is 1.00 e. The predicted molar refractivity (Wildman–Crippen MR) is 92.0 cm³/mol. The van der Waals surface area contributed by atoms with E-state index in [2.05, 4.69) is 84.2 Å². The van der Waals surface area contributed by atoms with Crippen LogP contribution in [0.25, 0.3) is 0 Å². The molecule has 0 spiro atoms. The summed E-state index contributed by atoms with van der Waals surface area (Å²) in [5, 5.41) is 3.37. The van der Waals surface area contributed by atoms with E-state index in [1.165, 1.54) is 25.3 Å². The quantitative estimate of drug-likeness (QED) is 0.400. The van der Waals surface area contributed by atoms with E-state index in [4.69, 9.17) is 0 Å². The van der Waals surface area contributed by atoms with Gasteiger partial charge in [0.1, 0.15) is 0 Å². The molecule has 1 aliphatic carbocycles. The molecule has 2 rings (SSSR count). The number of rotatable bonds is 6. The molecule has 1 atom stereocenters. The molecule has 1 aromatic rings. The average Bonchev–Trinajstić information content (AvgIpc) is 2.88. The molecule has 0 N–H and O–H groups in total. The summed E-state index contributed by atoms with van der Waals surface area (Å²) in [4.78, 5) is 0. The first-order chi connectivity index (χ1) is 10.0. The van der Waals surface area contributed by atoms with Crippen molar-refractivity contribution in [1.29, 1.82) is 0 Å². The van der Waals surface area contributed by atoms with Gasteiger partial charge in [0.15, 0.2) is 0 Å². The number of unbranched alkanes of at least 4 members (excludes halogenated alkanes) is 1. The Balaban J connectivity index is 0. The minimum atomic E-state index is -1.59. The van der Waals surface area contributed by atoms with Gasteiger partial charge in [-0.1, -0.05) is 0 Å². The van der Waals surface area contributed by atoms with Crippen molar-refractivity contribution in [3.05, 3.63) is 51.1 Å². The Bertz CT molecular complexity index is 555. The minimum absolute atomic E-state index is 0. The first kappa shape index (κ1) is 26.7. The zero-order valence-electron chi connectivity index (χ0n) is 15.0. The van der Waals surface area contributed by atoms with Crippen LogP contribution < -0.4 is 42.4 Å². The van der Waals surface area contributed by atoms with Crippen molar-refractivity contribution in [3.63, 3.8) is 0 Å². The second-order valence-electron chi connectivity index (χ2n) is 6.67. The molecule has 0 bridgehead atoms. The van der Waals surface area contributed by atoms with Gasteiger partial charge in [0.05, 0.1) is 0 Å². The standard InChI is InChI=1S/C19H27Si.3ClH.Ti/c1-5-6-15-20(4,17-11-8-7-9-12-17)19-14-10-13-18(19)16(2)3;;;;/h7-9,11-13,16H,5-6,10,15H2,1-4H3;3*1H;/q;;;;+3/p-3. The van der Waals surface area contributed by atoms with Crippen LogP contribution in [0.3, 0.4) is 0 Å². The topological polar surface area (TPSA) is 0 Å². The van der Waals surface area contributed by atoms with E-state index in [9.17, 15) is 0 Å². The van der Waals surface area contributed by atoms with E-state index in [1.807, 2.05) is 0 Å². The van der Waals surface area contributed by atoms with Crippen LogP contribution in [0, 0.1) is 5.92 Å². The molecule has 1 unspecified atom stereocenters. The van der Waals surface area contributed by atoms with Crippen LogP contribution in [0.1, 0.15) is 40.0 Å². The van der Waals surface area contributed by atoms with Crippen molar-refractivity contribution in [1.82, 2.24) is 0 Å². The van der Waals surface area contributed by atoms with Crippen molar-refractivity contribution < 1.29 is 57.7 Å². The van der Waals surface area contributed by atoms with Crippen molar-refractivity contribution in [3.8, 4) is 0 Å². The third-order valence-electron chi connectivity index (χ3n) is 4.73. The molecule has 0 heterocycles. The second kappa shape index (κ2) is 12.0. The van der Waals surface area contributed by atoms with Crippen LogP contribution in [0.4, 0.5) is 0 Å². The molecule has 24 heavy (non-hydrogen) atoms. The summed E-state index contributed by atoms with van der Waals surface area (Å²) in [6, 6.07) is 12.7. The van der Waals surface area contributed by atoms with E-state index >= 15 is 0 Å². The van der Waals surface area contributed by atoms with E-state index in [0.717, 1.165) is 0 Å². The Morgan fingerprint density at radius 1 is 1.08 bits per heavy atom. The molecular formula is C19H27Cl3SiTi. The summed E-state index contributed by atoms with van der Waals surface area (Å²) in [5.74, 6) is 0.648. The Hall–Kier alpha value is 0.501. The van der Waals surface area contributed by atoms with Gasteiger partial charge in [-0.2, -0.15) is 0 Å². The molecule has 1 aliphatic rings. The number of hydrogen-bond donors (Lipinski definition) is 0. The molecule has 132 valence electrons. The maximum absolute atomic E-state index is 2.60. The molecule has 0 radical (unpaired) electrons. The Morgan fingerprint density at radius 2 is 1.67 bits per heavy atom. The molecule has 0 saturated heterocycles. The summed E-state index contributed by atoms with van der Waals surface area (Å²) in [6.07, 6.45) is 6.31. The maximum Gasteiger partial charge on any atom is -1.00 e. The van der Waals surface area contributed by atoms with Crippen LogP contribution in [-0.4, -0.2) is 8.07 Å². The summed E-state index contributed by atoms with van der Waals surface area (Å²) >= 11 is 2.36. The normalized spacial score (nSPS) is 15.9. The van der Waals surface area contributed by atoms with Gasteiger partial charge in [-0.3, -0.25) is 0 Å². The van der Waals surface area contributed by atoms with Crippen molar-refractivity contribution in [2.45, 2.75) is 52.6 Å². The van der Waals surface area contributed by atoms with Gasteiger partial charge >= 0.3 is 143 Å². The summed E-state index contributed by atoms with van der Waals surface area (Å²) in [5.41, 5.74) is 1.64. The molecule has 0 nitrogen and oxygen atoms in total. The Kier molecular flexibility index (Phi) is 13.4. The van der Waals surface area contributed by atoms with Crippen molar-refractivity contribution >= 4 is 13.3 Å². The Morgan fingerprint density at radius 3 is 2.17 bits per heavy atom. The third-order valence-corrected chi connectivity index (χ3v) is 10.5. The van der Waals surface area contributed by atoms with Crippen LogP contribution in [-0.2, 0) is 20.4 Å². The van der Waals surface area contributed by atoms with Crippen LogP contribution >= 0.6 is 0 Å². The van der Waals surface area contributed by atoms with Gasteiger partial charge in [0.2, 0.25) is 0 Å². The van der Waals surface area contributed by atoms with Gasteiger partial charge < -0.3 is 37.2 Å². The van der Waals surface area contributed by atoms with E-state index in [0.29, 0.717) is 5.92 Å². The molecular weight excluding hydrogens is 411 g/mol. The predicted octanol–water partition coefficient (Wildman–Crippen LogP) is -3.89. The number of benzene rings is 1. The summed E-state index contributed by atoms with van der Waals surface area (Å²) < 4.78 is 1.63. The first-order valence-corrected chi connectivity index (χ1v) is 11.7. The molecule has 0 aliphatic heterocycles. The van der Waals surface area contributed by atoms with Crippen LogP contribution in [0.15, 0.2) is 51.1 Å². The second-order valence-corrected chi connectivity index (χ2v) is 11.9. The molecule has 5 heteroatoms. The molecule has 0 aromatic heterocycles. The number of halogens is 3. The Labute approximate surface area is 179 Å². The van der Waals surface area contributed by atoms with Gasteiger partial charge in [-0.05, 0) is 0 Å².